The number of nitrogens with one attached hydrogen (secondary N) is 1. The van der Waals surface area contributed by atoms with Crippen LogP contribution in [0, 0.1) is 6.92 Å². The Morgan fingerprint density at radius 1 is 1.53 bits per heavy atom. The van der Waals surface area contributed by atoms with E-state index in [0.29, 0.717) is 6.61 Å². The maximum atomic E-state index is 10.6. The van der Waals surface area contributed by atoms with E-state index in [9.17, 15) is 5.11 Å². The Kier molecular flexibility index (Phi) is 3.34. The van der Waals surface area contributed by atoms with Gasteiger partial charge in [0.25, 0.3) is 0 Å². The van der Waals surface area contributed by atoms with Gasteiger partial charge in [-0.2, -0.15) is 5.10 Å². The molecule has 0 aromatic carbocycles. The Morgan fingerprint density at radius 2 is 2.32 bits per heavy atom. The summed E-state index contributed by atoms with van der Waals surface area (Å²) in [6.45, 7) is 6.61. The van der Waals surface area contributed by atoms with E-state index < -0.39 is 12.4 Å². The van der Waals surface area contributed by atoms with E-state index in [1.807, 2.05) is 13.1 Å². The van der Waals surface area contributed by atoms with Crippen LogP contribution in [0.4, 0.5) is 0 Å². The van der Waals surface area contributed by atoms with Gasteiger partial charge in [-0.3, -0.25) is 4.68 Å². The van der Waals surface area contributed by atoms with Crippen molar-refractivity contribution in [1.82, 2.24) is 15.1 Å². The molecule has 3 rings (SSSR count). The van der Waals surface area contributed by atoms with Gasteiger partial charge >= 0.3 is 0 Å². The average Bonchev–Trinajstić information content (AvgIpc) is 2.93. The molecule has 19 heavy (non-hydrogen) atoms. The second-order valence-corrected chi connectivity index (χ2v) is 5.70. The lowest BCUT2D eigenvalue weighted by molar-refractivity contribution is -0.168. The molecule has 6 nitrogen and oxygen atoms in total. The van der Waals surface area contributed by atoms with Gasteiger partial charge in [-0.25, -0.2) is 0 Å². The van der Waals surface area contributed by atoms with Crippen molar-refractivity contribution >= 4 is 0 Å². The first-order valence-corrected chi connectivity index (χ1v) is 6.78. The lowest BCUT2D eigenvalue weighted by atomic mass is 9.95. The maximum Gasteiger partial charge on any atom is 0.183 e. The molecule has 2 bridgehead atoms. The molecule has 5 unspecified atom stereocenters. The zero-order valence-corrected chi connectivity index (χ0v) is 11.5. The fourth-order valence-corrected chi connectivity index (χ4v) is 2.87. The Hall–Kier alpha value is -0.950. The van der Waals surface area contributed by atoms with Crippen LogP contribution in [0.3, 0.4) is 0 Å². The first-order chi connectivity index (χ1) is 9.06. The predicted octanol–water partition coefficient (Wildman–Crippen LogP) is 0.215. The topological polar surface area (TPSA) is 68.5 Å². The van der Waals surface area contributed by atoms with E-state index in [0.717, 1.165) is 5.56 Å². The number of hydrogen-bond acceptors (Lipinski definition) is 5. The molecule has 2 aliphatic heterocycles. The molecular formula is C13H21N3O3. The summed E-state index contributed by atoms with van der Waals surface area (Å²) in [5, 5.41) is 18.3. The van der Waals surface area contributed by atoms with Crippen molar-refractivity contribution in [3.8, 4) is 0 Å². The molecule has 1 aromatic rings. The van der Waals surface area contributed by atoms with Gasteiger partial charge < -0.3 is 19.9 Å². The third kappa shape index (κ3) is 2.29. The number of aryl methyl sites for hydroxylation is 1. The van der Waals surface area contributed by atoms with Crippen molar-refractivity contribution in [3.05, 3.63) is 18.0 Å². The molecular weight excluding hydrogens is 246 g/mol. The number of aromatic nitrogens is 2. The summed E-state index contributed by atoms with van der Waals surface area (Å²) < 4.78 is 13.3. The van der Waals surface area contributed by atoms with Crippen molar-refractivity contribution in [3.63, 3.8) is 0 Å². The molecule has 0 saturated carbocycles. The number of aliphatic hydroxyl groups is 1. The summed E-state index contributed by atoms with van der Waals surface area (Å²) in [6, 6.07) is -0.155. The Balaban J connectivity index is 1.87. The van der Waals surface area contributed by atoms with E-state index in [2.05, 4.69) is 24.3 Å². The monoisotopic (exact) mass is 267 g/mol. The van der Waals surface area contributed by atoms with E-state index in [4.69, 9.17) is 9.47 Å². The minimum Gasteiger partial charge on any atom is -0.389 e. The lowest BCUT2D eigenvalue weighted by Crippen LogP contribution is -2.59. The van der Waals surface area contributed by atoms with Crippen LogP contribution in [-0.4, -0.2) is 52.1 Å². The number of aliphatic hydroxyl groups excluding tert-OH is 1. The molecule has 0 radical (unpaired) electrons. The molecule has 2 N–H and O–H groups in total. The number of hydrogen-bond donors (Lipinski definition) is 2. The smallest absolute Gasteiger partial charge is 0.183 e. The first kappa shape index (κ1) is 13.1. The second-order valence-electron chi connectivity index (χ2n) is 5.70. The largest absolute Gasteiger partial charge is 0.389 e. The van der Waals surface area contributed by atoms with E-state index in [1.54, 1.807) is 10.9 Å². The number of ether oxygens (including phenoxy) is 2. The minimum atomic E-state index is -0.576. The van der Waals surface area contributed by atoms with Crippen molar-refractivity contribution in [2.75, 3.05) is 6.61 Å². The Morgan fingerprint density at radius 3 is 2.95 bits per heavy atom. The summed E-state index contributed by atoms with van der Waals surface area (Å²) in [7, 11) is 0. The molecule has 2 aliphatic rings. The fourth-order valence-electron chi connectivity index (χ4n) is 2.87. The lowest BCUT2D eigenvalue weighted by Gasteiger charge is -2.39. The molecule has 6 heteroatoms. The molecule has 5 atom stereocenters. The summed E-state index contributed by atoms with van der Waals surface area (Å²) >= 11 is 0. The summed E-state index contributed by atoms with van der Waals surface area (Å²) in [6.07, 6.45) is 2.61. The van der Waals surface area contributed by atoms with Gasteiger partial charge in [0.2, 0.25) is 0 Å². The zero-order chi connectivity index (χ0) is 13.6. The van der Waals surface area contributed by atoms with Gasteiger partial charge in [0, 0.05) is 12.2 Å². The van der Waals surface area contributed by atoms with E-state index >= 15 is 0 Å². The molecule has 3 heterocycles. The second kappa shape index (κ2) is 4.86. The number of fused-ring (bicyclic) bond motifs is 2. The highest BCUT2D eigenvalue weighted by Crippen LogP contribution is 2.35. The van der Waals surface area contributed by atoms with Gasteiger partial charge in [0.1, 0.15) is 12.1 Å². The average molecular weight is 267 g/mol. The van der Waals surface area contributed by atoms with Crippen LogP contribution in [-0.2, 0) is 9.47 Å². The van der Waals surface area contributed by atoms with Crippen molar-refractivity contribution in [1.29, 1.82) is 0 Å². The van der Waals surface area contributed by atoms with Gasteiger partial charge in [-0.05, 0) is 12.5 Å². The highest BCUT2D eigenvalue weighted by molar-refractivity contribution is 5.05. The third-order valence-electron chi connectivity index (χ3n) is 3.69. The summed E-state index contributed by atoms with van der Waals surface area (Å²) in [5.74, 6) is 0. The molecule has 2 fully saturated rings. The minimum absolute atomic E-state index is 0.0877. The van der Waals surface area contributed by atoms with Gasteiger partial charge in [-0.1, -0.05) is 13.8 Å². The van der Waals surface area contributed by atoms with Crippen LogP contribution in [0.25, 0.3) is 0 Å². The van der Waals surface area contributed by atoms with Crippen LogP contribution < -0.4 is 5.32 Å². The standard InChI is InChI=1S/C13H21N3O3/c1-7(2)15-10-9-6-18-13(19-9)11(12(10)17)16-5-8(3)4-14-16/h4-5,7,9-13,15,17H,6H2,1-3H3. The summed E-state index contributed by atoms with van der Waals surface area (Å²) in [4.78, 5) is 0. The van der Waals surface area contributed by atoms with Crippen LogP contribution in [0.15, 0.2) is 12.4 Å². The summed E-state index contributed by atoms with van der Waals surface area (Å²) in [5.41, 5.74) is 1.06. The van der Waals surface area contributed by atoms with E-state index in [1.165, 1.54) is 0 Å². The fraction of sp³-hybridized carbons (Fsp3) is 0.769. The highest BCUT2D eigenvalue weighted by Gasteiger charge is 2.51. The van der Waals surface area contributed by atoms with Crippen molar-refractivity contribution in [2.24, 2.45) is 0 Å². The van der Waals surface area contributed by atoms with Crippen molar-refractivity contribution in [2.45, 2.75) is 57.4 Å². The van der Waals surface area contributed by atoms with Crippen LogP contribution in [0.2, 0.25) is 0 Å². The van der Waals surface area contributed by atoms with Gasteiger partial charge in [-0.15, -0.1) is 0 Å². The van der Waals surface area contributed by atoms with Crippen LogP contribution in [0.1, 0.15) is 25.5 Å². The zero-order valence-electron chi connectivity index (χ0n) is 11.5. The van der Waals surface area contributed by atoms with Gasteiger partial charge in [0.15, 0.2) is 6.29 Å². The molecule has 106 valence electrons. The van der Waals surface area contributed by atoms with Crippen LogP contribution in [0.5, 0.6) is 0 Å². The SMILES string of the molecule is Cc1cnn(C2C3OCC(O3)C(NC(C)C)C2O)c1. The normalized spacial score (nSPS) is 38.1. The molecule has 2 saturated heterocycles. The quantitative estimate of drug-likeness (QED) is 0.819. The molecule has 0 aliphatic carbocycles. The highest BCUT2D eigenvalue weighted by atomic mass is 16.7. The van der Waals surface area contributed by atoms with E-state index in [-0.39, 0.29) is 24.2 Å². The number of rotatable bonds is 3. The Bertz CT molecular complexity index is 448. The maximum absolute atomic E-state index is 10.6. The van der Waals surface area contributed by atoms with Gasteiger partial charge in [0.05, 0.1) is 24.9 Å². The third-order valence-corrected chi connectivity index (χ3v) is 3.69. The number of nitrogens with zero attached hydrogens (tertiary/aromatic N) is 2. The molecule has 1 aromatic heterocycles. The molecule has 0 spiro atoms. The van der Waals surface area contributed by atoms with Crippen LogP contribution >= 0.6 is 0 Å². The van der Waals surface area contributed by atoms with Crippen molar-refractivity contribution < 1.29 is 14.6 Å². The molecule has 0 amide bonds. The Labute approximate surface area is 112 Å². The predicted molar refractivity (Wildman–Crippen MR) is 68.7 cm³/mol. The first-order valence-electron chi connectivity index (χ1n) is 6.78.